The van der Waals surface area contributed by atoms with Gasteiger partial charge in [0.15, 0.2) is 9.84 Å². The average Bonchev–Trinajstić information content (AvgIpc) is 3.06. The molecule has 0 saturated heterocycles. The number of rotatable bonds is 5. The smallest absolute Gasteiger partial charge is 0.181 e. The first kappa shape index (κ1) is 13.8. The SMILES string of the molecule is COCC1(CN)CC1S(=O)(=O)c1ccc(Cl)cc1. The van der Waals surface area contributed by atoms with E-state index in [0.29, 0.717) is 29.5 Å². The van der Waals surface area contributed by atoms with E-state index in [4.69, 9.17) is 22.1 Å². The molecule has 1 aliphatic rings. The summed E-state index contributed by atoms with van der Waals surface area (Å²) < 4.78 is 29.9. The third kappa shape index (κ3) is 2.28. The van der Waals surface area contributed by atoms with Gasteiger partial charge in [0.1, 0.15) is 0 Å². The van der Waals surface area contributed by atoms with Crippen LogP contribution in [0, 0.1) is 5.41 Å². The average molecular weight is 290 g/mol. The highest BCUT2D eigenvalue weighted by atomic mass is 35.5. The Hall–Kier alpha value is -0.620. The van der Waals surface area contributed by atoms with Crippen LogP contribution in [0.15, 0.2) is 29.2 Å². The molecule has 1 aliphatic carbocycles. The van der Waals surface area contributed by atoms with E-state index in [1.807, 2.05) is 0 Å². The molecule has 1 aromatic rings. The molecule has 0 bridgehead atoms. The molecule has 0 aliphatic heterocycles. The Bertz CT molecular complexity index is 529. The molecule has 6 heteroatoms. The van der Waals surface area contributed by atoms with Crippen molar-refractivity contribution in [3.63, 3.8) is 0 Å². The van der Waals surface area contributed by atoms with Crippen LogP contribution in [0.1, 0.15) is 6.42 Å². The first-order valence-electron chi connectivity index (χ1n) is 5.65. The first-order valence-corrected chi connectivity index (χ1v) is 7.57. The Morgan fingerprint density at radius 2 is 2.06 bits per heavy atom. The highest BCUT2D eigenvalue weighted by Gasteiger charge is 2.60. The second-order valence-corrected chi connectivity index (χ2v) is 7.26. The van der Waals surface area contributed by atoms with Crippen LogP contribution in [0.25, 0.3) is 0 Å². The minimum absolute atomic E-state index is 0.295. The van der Waals surface area contributed by atoms with Gasteiger partial charge in [-0.2, -0.15) is 0 Å². The number of methoxy groups -OCH3 is 1. The van der Waals surface area contributed by atoms with Crippen LogP contribution in [0.2, 0.25) is 5.02 Å². The Morgan fingerprint density at radius 1 is 1.44 bits per heavy atom. The van der Waals surface area contributed by atoms with Crippen LogP contribution in [-0.4, -0.2) is 33.9 Å². The van der Waals surface area contributed by atoms with E-state index in [9.17, 15) is 8.42 Å². The maximum absolute atomic E-state index is 12.4. The maximum Gasteiger partial charge on any atom is 0.181 e. The molecule has 1 saturated carbocycles. The fourth-order valence-electron chi connectivity index (χ4n) is 2.25. The summed E-state index contributed by atoms with van der Waals surface area (Å²) in [6.07, 6.45) is 0.558. The van der Waals surface area contributed by atoms with Gasteiger partial charge in [0, 0.05) is 24.1 Å². The van der Waals surface area contributed by atoms with E-state index in [2.05, 4.69) is 0 Å². The Balaban J connectivity index is 2.26. The van der Waals surface area contributed by atoms with Gasteiger partial charge in [-0.3, -0.25) is 0 Å². The number of hydrogen-bond acceptors (Lipinski definition) is 4. The predicted molar refractivity (Wildman–Crippen MR) is 70.4 cm³/mol. The molecule has 2 atom stereocenters. The normalized spacial score (nSPS) is 27.2. The van der Waals surface area contributed by atoms with Gasteiger partial charge in [-0.25, -0.2) is 8.42 Å². The van der Waals surface area contributed by atoms with Crippen LogP contribution in [0.4, 0.5) is 0 Å². The second kappa shape index (κ2) is 4.81. The molecule has 2 unspecified atom stereocenters. The van der Waals surface area contributed by atoms with Crippen LogP contribution in [0.5, 0.6) is 0 Å². The molecule has 1 fully saturated rings. The van der Waals surface area contributed by atoms with Crippen molar-refractivity contribution in [1.29, 1.82) is 0 Å². The van der Waals surface area contributed by atoms with Gasteiger partial charge in [0.2, 0.25) is 0 Å². The summed E-state index contributed by atoms with van der Waals surface area (Å²) >= 11 is 5.76. The highest BCUT2D eigenvalue weighted by Crippen LogP contribution is 2.51. The standard InChI is InChI=1S/C12H16ClNO3S/c1-17-8-12(7-14)6-11(12)18(15,16)10-4-2-9(13)3-5-10/h2-5,11H,6-8,14H2,1H3. The monoisotopic (exact) mass is 289 g/mol. The number of hydrogen-bond donors (Lipinski definition) is 1. The molecule has 18 heavy (non-hydrogen) atoms. The molecule has 0 radical (unpaired) electrons. The fraction of sp³-hybridized carbons (Fsp3) is 0.500. The number of halogens is 1. The van der Waals surface area contributed by atoms with Gasteiger partial charge in [-0.1, -0.05) is 11.6 Å². The number of benzene rings is 1. The van der Waals surface area contributed by atoms with Crippen LogP contribution in [-0.2, 0) is 14.6 Å². The third-order valence-electron chi connectivity index (χ3n) is 3.47. The van der Waals surface area contributed by atoms with E-state index in [1.165, 1.54) is 12.1 Å². The molecular weight excluding hydrogens is 274 g/mol. The first-order chi connectivity index (χ1) is 8.46. The molecule has 100 valence electrons. The zero-order valence-corrected chi connectivity index (χ0v) is 11.7. The molecule has 2 rings (SSSR count). The van der Waals surface area contributed by atoms with Gasteiger partial charge >= 0.3 is 0 Å². The van der Waals surface area contributed by atoms with E-state index in [0.717, 1.165) is 0 Å². The van der Waals surface area contributed by atoms with E-state index in [1.54, 1.807) is 19.2 Å². The predicted octanol–water partition coefficient (Wildman–Crippen LogP) is 1.48. The summed E-state index contributed by atoms with van der Waals surface area (Å²) in [6, 6.07) is 6.22. The van der Waals surface area contributed by atoms with Crippen molar-refractivity contribution in [2.24, 2.45) is 11.1 Å². The summed E-state index contributed by atoms with van der Waals surface area (Å²) in [5.41, 5.74) is 5.26. The van der Waals surface area contributed by atoms with E-state index < -0.39 is 20.5 Å². The largest absolute Gasteiger partial charge is 0.384 e. The van der Waals surface area contributed by atoms with Gasteiger partial charge in [-0.15, -0.1) is 0 Å². The molecule has 0 spiro atoms. The molecule has 4 nitrogen and oxygen atoms in total. The van der Waals surface area contributed by atoms with Crippen molar-refractivity contribution in [3.05, 3.63) is 29.3 Å². The molecule has 2 N–H and O–H groups in total. The van der Waals surface area contributed by atoms with Crippen molar-refractivity contribution in [2.75, 3.05) is 20.3 Å². The molecular formula is C12H16ClNO3S. The summed E-state index contributed by atoms with van der Waals surface area (Å²) in [5, 5.41) is 0.0721. The van der Waals surface area contributed by atoms with Crippen molar-refractivity contribution in [3.8, 4) is 0 Å². The fourth-order valence-corrected chi connectivity index (χ4v) is 4.59. The summed E-state index contributed by atoms with van der Waals surface area (Å²) in [5.74, 6) is 0. The van der Waals surface area contributed by atoms with Gasteiger partial charge in [0.05, 0.1) is 16.8 Å². The molecule has 1 aromatic carbocycles. The van der Waals surface area contributed by atoms with Gasteiger partial charge in [-0.05, 0) is 30.7 Å². The maximum atomic E-state index is 12.4. The lowest BCUT2D eigenvalue weighted by molar-refractivity contribution is 0.145. The van der Waals surface area contributed by atoms with Crippen molar-refractivity contribution >= 4 is 21.4 Å². The second-order valence-electron chi connectivity index (χ2n) is 4.69. The lowest BCUT2D eigenvalue weighted by Crippen LogP contribution is -2.28. The minimum atomic E-state index is -3.34. The Labute approximate surface area is 112 Å². The number of ether oxygens (including phenoxy) is 1. The zero-order valence-electron chi connectivity index (χ0n) is 10.1. The lowest BCUT2D eigenvalue weighted by atomic mass is 10.1. The third-order valence-corrected chi connectivity index (χ3v) is 6.07. The number of nitrogens with two attached hydrogens (primary N) is 1. The summed E-state index contributed by atoms with van der Waals surface area (Å²) in [4.78, 5) is 0.295. The van der Waals surface area contributed by atoms with Gasteiger partial charge < -0.3 is 10.5 Å². The molecule has 0 aromatic heterocycles. The lowest BCUT2D eigenvalue weighted by Gasteiger charge is -2.13. The summed E-state index contributed by atoms with van der Waals surface area (Å²) in [6.45, 7) is 0.694. The molecule has 0 amide bonds. The van der Waals surface area contributed by atoms with Crippen LogP contribution >= 0.6 is 11.6 Å². The minimum Gasteiger partial charge on any atom is -0.384 e. The molecule has 0 heterocycles. The van der Waals surface area contributed by atoms with Crippen molar-refractivity contribution < 1.29 is 13.2 Å². The topological polar surface area (TPSA) is 69.4 Å². The van der Waals surface area contributed by atoms with Crippen LogP contribution < -0.4 is 5.73 Å². The van der Waals surface area contributed by atoms with Crippen molar-refractivity contribution in [2.45, 2.75) is 16.6 Å². The van der Waals surface area contributed by atoms with Crippen molar-refractivity contribution in [1.82, 2.24) is 0 Å². The van der Waals surface area contributed by atoms with Gasteiger partial charge in [0.25, 0.3) is 0 Å². The Kier molecular flexibility index (Phi) is 3.69. The Morgan fingerprint density at radius 3 is 2.56 bits per heavy atom. The van der Waals surface area contributed by atoms with E-state index >= 15 is 0 Å². The quantitative estimate of drug-likeness (QED) is 0.891. The summed E-state index contributed by atoms with van der Waals surface area (Å²) in [7, 11) is -1.79. The zero-order chi connectivity index (χ0) is 13.4. The number of sulfone groups is 1. The van der Waals surface area contributed by atoms with Crippen LogP contribution in [0.3, 0.4) is 0 Å². The van der Waals surface area contributed by atoms with E-state index in [-0.39, 0.29) is 0 Å². The highest BCUT2D eigenvalue weighted by molar-refractivity contribution is 7.92.